The molecule has 3 atom stereocenters. The molecule has 1 N–H and O–H groups in total. The molecule has 2 aliphatic rings. The van der Waals surface area contributed by atoms with E-state index in [1.165, 1.54) is 27.0 Å². The van der Waals surface area contributed by atoms with E-state index < -0.39 is 29.4 Å². The minimum atomic E-state index is -1.75. The maximum atomic E-state index is 13.5. The number of aromatic hydroxyl groups is 1. The first kappa shape index (κ1) is 23.8. The number of hydrogen-bond donors (Lipinski definition) is 1. The molecule has 1 aliphatic carbocycles. The van der Waals surface area contributed by atoms with Crippen LogP contribution in [0.4, 0.5) is 0 Å². The summed E-state index contributed by atoms with van der Waals surface area (Å²) < 4.78 is 22.1. The van der Waals surface area contributed by atoms with Gasteiger partial charge in [-0.3, -0.25) is 9.59 Å². The van der Waals surface area contributed by atoms with Gasteiger partial charge in [0.1, 0.15) is 17.1 Å². The van der Waals surface area contributed by atoms with Gasteiger partial charge in [-0.05, 0) is 38.3 Å². The molecule has 174 valence electrons. The van der Waals surface area contributed by atoms with Gasteiger partial charge in [-0.15, -0.1) is 0 Å². The molecular weight excluding hydrogens is 416 g/mol. The van der Waals surface area contributed by atoms with Gasteiger partial charge in [0.05, 0.1) is 19.8 Å². The highest BCUT2D eigenvalue weighted by atomic mass is 16.6. The number of esters is 2. The zero-order valence-electron chi connectivity index (χ0n) is 19.1. The van der Waals surface area contributed by atoms with Crippen molar-refractivity contribution in [1.82, 2.24) is 0 Å². The summed E-state index contributed by atoms with van der Waals surface area (Å²) in [5, 5.41) is 10.4. The SMILES string of the molecule is CCCC1CC2=C(CO1)C(=O)C(C)(OC(=O)c1c(C)cc(OC)cc1O)C(OC(C)=O)C2. The van der Waals surface area contributed by atoms with Gasteiger partial charge in [0.25, 0.3) is 0 Å². The number of phenols is 1. The van der Waals surface area contributed by atoms with E-state index in [0.29, 0.717) is 23.3 Å². The highest BCUT2D eigenvalue weighted by molar-refractivity contribution is 6.06. The third-order valence-corrected chi connectivity index (χ3v) is 6.09. The second-order valence-corrected chi connectivity index (χ2v) is 8.47. The van der Waals surface area contributed by atoms with Crippen molar-refractivity contribution in [2.45, 2.75) is 71.2 Å². The largest absolute Gasteiger partial charge is 0.507 e. The van der Waals surface area contributed by atoms with E-state index in [1.807, 2.05) is 0 Å². The second-order valence-electron chi connectivity index (χ2n) is 8.47. The number of phenolic OH excluding ortho intramolecular Hbond substituents is 1. The Morgan fingerprint density at radius 3 is 2.59 bits per heavy atom. The van der Waals surface area contributed by atoms with Crippen molar-refractivity contribution in [3.05, 3.63) is 34.4 Å². The Kier molecular flexibility index (Phi) is 6.93. The van der Waals surface area contributed by atoms with Crippen molar-refractivity contribution in [2.75, 3.05) is 13.7 Å². The van der Waals surface area contributed by atoms with Gasteiger partial charge in [-0.2, -0.15) is 0 Å². The molecule has 3 unspecified atom stereocenters. The number of carbonyl (C=O) groups is 3. The summed E-state index contributed by atoms with van der Waals surface area (Å²) >= 11 is 0. The van der Waals surface area contributed by atoms with Gasteiger partial charge in [0.2, 0.25) is 11.4 Å². The zero-order chi connectivity index (χ0) is 23.6. The van der Waals surface area contributed by atoms with Crippen molar-refractivity contribution in [3.63, 3.8) is 0 Å². The number of methoxy groups -OCH3 is 1. The fraction of sp³-hybridized carbons (Fsp3) is 0.542. The molecule has 32 heavy (non-hydrogen) atoms. The maximum Gasteiger partial charge on any atom is 0.343 e. The van der Waals surface area contributed by atoms with Crippen molar-refractivity contribution >= 4 is 17.7 Å². The van der Waals surface area contributed by atoms with Crippen LogP contribution >= 0.6 is 0 Å². The van der Waals surface area contributed by atoms with Crippen LogP contribution in [0.25, 0.3) is 0 Å². The Hall–Kier alpha value is -2.87. The first-order valence-corrected chi connectivity index (χ1v) is 10.8. The van der Waals surface area contributed by atoms with Crippen LogP contribution < -0.4 is 4.74 Å². The number of benzene rings is 1. The average molecular weight is 446 g/mol. The number of ketones is 1. The molecule has 0 amide bonds. The summed E-state index contributed by atoms with van der Waals surface area (Å²) in [7, 11) is 1.44. The fourth-order valence-corrected chi connectivity index (χ4v) is 4.39. The van der Waals surface area contributed by atoms with E-state index >= 15 is 0 Å². The lowest BCUT2D eigenvalue weighted by Gasteiger charge is -2.42. The molecule has 8 nitrogen and oxygen atoms in total. The summed E-state index contributed by atoms with van der Waals surface area (Å²) in [6.07, 6.45) is 1.71. The molecule has 8 heteroatoms. The van der Waals surface area contributed by atoms with Gasteiger partial charge < -0.3 is 24.1 Å². The molecule has 0 fully saturated rings. The van der Waals surface area contributed by atoms with E-state index in [0.717, 1.165) is 18.4 Å². The first-order valence-electron chi connectivity index (χ1n) is 10.8. The minimum Gasteiger partial charge on any atom is -0.507 e. The Balaban J connectivity index is 1.95. The standard InChI is InChI=1S/C24H30O8/c1-6-7-16-9-15-10-20(31-14(3)25)24(4,22(27)18(15)12-30-16)32-23(28)21-13(2)8-17(29-5)11-19(21)26/h8,11,16,20,26H,6-7,9-10,12H2,1-5H3. The van der Waals surface area contributed by atoms with Crippen LogP contribution in [0.3, 0.4) is 0 Å². The van der Waals surface area contributed by atoms with Gasteiger partial charge in [0, 0.05) is 25.0 Å². The molecular formula is C24H30O8. The third-order valence-electron chi connectivity index (χ3n) is 6.09. The van der Waals surface area contributed by atoms with E-state index in [2.05, 4.69) is 6.92 Å². The number of rotatable bonds is 6. The number of Topliss-reactive ketones (excluding diaryl/α,β-unsaturated/α-hetero) is 1. The Labute approximate surface area is 187 Å². The lowest BCUT2D eigenvalue weighted by Crippen LogP contribution is -2.56. The molecule has 0 aromatic heterocycles. The summed E-state index contributed by atoms with van der Waals surface area (Å²) in [6.45, 7) is 6.51. The molecule has 3 rings (SSSR count). The molecule has 0 radical (unpaired) electrons. The zero-order valence-corrected chi connectivity index (χ0v) is 19.1. The predicted octanol–water partition coefficient (Wildman–Crippen LogP) is 3.41. The normalized spacial score (nSPS) is 25.2. The molecule has 0 bridgehead atoms. The lowest BCUT2D eigenvalue weighted by molar-refractivity contribution is -0.169. The van der Waals surface area contributed by atoms with Crippen LogP contribution in [-0.4, -0.2) is 54.4 Å². The summed E-state index contributed by atoms with van der Waals surface area (Å²) in [5.41, 5.74) is -0.0636. The molecule has 0 saturated carbocycles. The maximum absolute atomic E-state index is 13.5. The van der Waals surface area contributed by atoms with Crippen molar-refractivity contribution in [2.24, 2.45) is 0 Å². The Morgan fingerprint density at radius 1 is 1.28 bits per heavy atom. The molecule has 1 heterocycles. The quantitative estimate of drug-likeness (QED) is 0.662. The number of hydrogen-bond acceptors (Lipinski definition) is 8. The molecule has 1 aromatic rings. The summed E-state index contributed by atoms with van der Waals surface area (Å²) in [5.74, 6) is -1.86. The van der Waals surface area contributed by atoms with Crippen molar-refractivity contribution < 1.29 is 38.4 Å². The van der Waals surface area contributed by atoms with Crippen molar-refractivity contribution in [3.8, 4) is 11.5 Å². The van der Waals surface area contributed by atoms with Gasteiger partial charge in [-0.25, -0.2) is 4.79 Å². The predicted molar refractivity (Wildman–Crippen MR) is 115 cm³/mol. The van der Waals surface area contributed by atoms with Crippen LogP contribution in [0, 0.1) is 6.92 Å². The fourth-order valence-electron chi connectivity index (χ4n) is 4.39. The smallest absolute Gasteiger partial charge is 0.343 e. The molecule has 0 saturated heterocycles. The second kappa shape index (κ2) is 9.32. The van der Waals surface area contributed by atoms with Gasteiger partial charge in [-0.1, -0.05) is 18.9 Å². The van der Waals surface area contributed by atoms with Crippen LogP contribution in [0.1, 0.15) is 62.4 Å². The highest BCUT2D eigenvalue weighted by Gasteiger charge is 2.53. The Bertz CT molecular complexity index is 940. The van der Waals surface area contributed by atoms with Gasteiger partial charge >= 0.3 is 11.9 Å². The van der Waals surface area contributed by atoms with Crippen LogP contribution in [0.5, 0.6) is 11.5 Å². The Morgan fingerprint density at radius 2 is 2.00 bits per heavy atom. The number of aryl methyl sites for hydroxylation is 1. The van der Waals surface area contributed by atoms with Gasteiger partial charge in [0.15, 0.2) is 6.10 Å². The van der Waals surface area contributed by atoms with Crippen LogP contribution in [0.15, 0.2) is 23.3 Å². The van der Waals surface area contributed by atoms with Crippen LogP contribution in [0.2, 0.25) is 0 Å². The van der Waals surface area contributed by atoms with Crippen molar-refractivity contribution in [1.29, 1.82) is 0 Å². The average Bonchev–Trinajstić information content (AvgIpc) is 2.71. The topological polar surface area (TPSA) is 108 Å². The minimum absolute atomic E-state index is 0.00957. The first-order chi connectivity index (χ1) is 15.1. The lowest BCUT2D eigenvalue weighted by atomic mass is 9.75. The van der Waals surface area contributed by atoms with E-state index in [9.17, 15) is 19.5 Å². The summed E-state index contributed by atoms with van der Waals surface area (Å²) in [6, 6.07) is 2.87. The monoisotopic (exact) mass is 446 g/mol. The number of carbonyl (C=O) groups excluding carboxylic acids is 3. The van der Waals surface area contributed by atoms with Crippen LogP contribution in [-0.2, 0) is 23.8 Å². The van der Waals surface area contributed by atoms with E-state index in [4.69, 9.17) is 18.9 Å². The molecule has 0 spiro atoms. The molecule has 1 aromatic carbocycles. The van der Waals surface area contributed by atoms with E-state index in [1.54, 1.807) is 13.0 Å². The third kappa shape index (κ3) is 4.50. The highest BCUT2D eigenvalue weighted by Crippen LogP contribution is 2.41. The number of ether oxygens (including phenoxy) is 4. The van der Waals surface area contributed by atoms with E-state index in [-0.39, 0.29) is 30.4 Å². The summed E-state index contributed by atoms with van der Waals surface area (Å²) in [4.78, 5) is 38.4. The molecule has 1 aliphatic heterocycles.